The molecule has 2 aromatic carbocycles. The van der Waals surface area contributed by atoms with Gasteiger partial charge in [-0.25, -0.2) is 4.79 Å². The maximum absolute atomic E-state index is 13.2. The Balaban J connectivity index is 2.41. The Morgan fingerprint density at radius 2 is 1.68 bits per heavy atom. The predicted molar refractivity (Wildman–Crippen MR) is 135 cm³/mol. The SMILES string of the molecule is CCCCC(=O)N(CC(=O)Nc1cc(C(=O)O)ccc1C(C)(C)C)c1cc(C)c(OC)c(C)c1. The third kappa shape index (κ3) is 6.59. The smallest absolute Gasteiger partial charge is 0.335 e. The molecule has 0 saturated heterocycles. The molecule has 0 aliphatic heterocycles. The fourth-order valence-electron chi connectivity index (χ4n) is 3.96. The van der Waals surface area contributed by atoms with E-state index in [1.807, 2.05) is 53.7 Å². The number of carbonyl (C=O) groups excluding carboxylic acids is 2. The summed E-state index contributed by atoms with van der Waals surface area (Å²) < 4.78 is 5.44. The summed E-state index contributed by atoms with van der Waals surface area (Å²) in [5.41, 5.74) is 3.38. The lowest BCUT2D eigenvalue weighted by Gasteiger charge is -2.26. The number of rotatable bonds is 9. The van der Waals surface area contributed by atoms with Gasteiger partial charge < -0.3 is 20.1 Å². The lowest BCUT2D eigenvalue weighted by Crippen LogP contribution is -2.38. The third-order valence-corrected chi connectivity index (χ3v) is 5.66. The molecule has 34 heavy (non-hydrogen) atoms. The predicted octanol–water partition coefficient (Wildman–Crippen LogP) is 5.47. The summed E-state index contributed by atoms with van der Waals surface area (Å²) >= 11 is 0. The standard InChI is InChI=1S/C27H36N2O5/c1-8-9-10-24(31)29(20-13-17(2)25(34-7)18(3)14-20)16-23(30)28-22-15-19(26(32)33)11-12-21(22)27(4,5)6/h11-15H,8-10,16H2,1-7H3,(H,28,30)(H,32,33). The van der Waals surface area contributed by atoms with E-state index in [2.05, 4.69) is 5.32 Å². The number of anilines is 2. The van der Waals surface area contributed by atoms with Gasteiger partial charge in [0.25, 0.3) is 0 Å². The molecule has 2 aromatic rings. The van der Waals surface area contributed by atoms with Crippen LogP contribution in [0, 0.1) is 13.8 Å². The number of carboxylic acid groups (broad SMARTS) is 1. The van der Waals surface area contributed by atoms with Crippen LogP contribution in [0.3, 0.4) is 0 Å². The number of nitrogens with one attached hydrogen (secondary N) is 1. The zero-order valence-electron chi connectivity index (χ0n) is 21.2. The molecular formula is C27H36N2O5. The maximum atomic E-state index is 13.2. The van der Waals surface area contributed by atoms with E-state index in [0.717, 1.165) is 35.3 Å². The number of amides is 2. The summed E-state index contributed by atoms with van der Waals surface area (Å²) in [6, 6.07) is 8.40. The number of unbranched alkanes of at least 4 members (excludes halogenated alkanes) is 1. The van der Waals surface area contributed by atoms with Crippen LogP contribution in [0.5, 0.6) is 5.75 Å². The zero-order chi connectivity index (χ0) is 25.6. The van der Waals surface area contributed by atoms with Gasteiger partial charge in [0.05, 0.1) is 12.7 Å². The van der Waals surface area contributed by atoms with Gasteiger partial charge in [0, 0.05) is 17.8 Å². The normalized spacial score (nSPS) is 11.1. The van der Waals surface area contributed by atoms with Crippen molar-refractivity contribution >= 4 is 29.2 Å². The third-order valence-electron chi connectivity index (χ3n) is 5.66. The van der Waals surface area contributed by atoms with E-state index in [-0.39, 0.29) is 23.4 Å². The van der Waals surface area contributed by atoms with Crippen LogP contribution < -0.4 is 15.0 Å². The number of nitrogens with zero attached hydrogens (tertiary/aromatic N) is 1. The van der Waals surface area contributed by atoms with E-state index in [0.29, 0.717) is 17.8 Å². The van der Waals surface area contributed by atoms with Gasteiger partial charge in [0.2, 0.25) is 11.8 Å². The minimum absolute atomic E-state index is 0.0839. The lowest BCUT2D eigenvalue weighted by molar-refractivity contribution is -0.121. The first-order valence-electron chi connectivity index (χ1n) is 11.5. The number of hydrogen-bond donors (Lipinski definition) is 2. The molecule has 0 fully saturated rings. The second-order valence-corrected chi connectivity index (χ2v) is 9.56. The van der Waals surface area contributed by atoms with Gasteiger partial charge in [0.1, 0.15) is 12.3 Å². The van der Waals surface area contributed by atoms with E-state index in [1.165, 1.54) is 17.0 Å². The minimum Gasteiger partial charge on any atom is -0.496 e. The van der Waals surface area contributed by atoms with Gasteiger partial charge in [-0.05, 0) is 66.6 Å². The second kappa shape index (κ2) is 11.2. The lowest BCUT2D eigenvalue weighted by atomic mass is 9.85. The Kier molecular flexibility index (Phi) is 8.85. The van der Waals surface area contributed by atoms with Gasteiger partial charge >= 0.3 is 5.97 Å². The highest BCUT2D eigenvalue weighted by Crippen LogP contribution is 2.32. The number of carbonyl (C=O) groups is 3. The highest BCUT2D eigenvalue weighted by Gasteiger charge is 2.24. The van der Waals surface area contributed by atoms with Gasteiger partial charge in [-0.3, -0.25) is 9.59 Å². The molecule has 0 unspecified atom stereocenters. The Labute approximate surface area is 202 Å². The molecule has 0 aromatic heterocycles. The summed E-state index contributed by atoms with van der Waals surface area (Å²) in [6.45, 7) is 11.6. The van der Waals surface area contributed by atoms with Crippen LogP contribution in [-0.4, -0.2) is 36.5 Å². The van der Waals surface area contributed by atoms with Crippen LogP contribution in [-0.2, 0) is 15.0 Å². The molecular weight excluding hydrogens is 432 g/mol. The average molecular weight is 469 g/mol. The number of hydrogen-bond acceptors (Lipinski definition) is 4. The van der Waals surface area contributed by atoms with Gasteiger partial charge in [0.15, 0.2) is 0 Å². The number of carboxylic acids is 1. The number of methoxy groups -OCH3 is 1. The number of aromatic carboxylic acids is 1. The molecule has 0 atom stereocenters. The summed E-state index contributed by atoms with van der Waals surface area (Å²) in [6.07, 6.45) is 1.92. The first-order chi connectivity index (χ1) is 15.9. The first kappa shape index (κ1) is 26.9. The monoisotopic (exact) mass is 468 g/mol. The molecule has 0 spiro atoms. The molecule has 7 nitrogen and oxygen atoms in total. The summed E-state index contributed by atoms with van der Waals surface area (Å²) in [4.78, 5) is 39.2. The van der Waals surface area contributed by atoms with Crippen molar-refractivity contribution in [3.63, 3.8) is 0 Å². The first-order valence-corrected chi connectivity index (χ1v) is 11.5. The van der Waals surface area contributed by atoms with Crippen molar-refractivity contribution in [2.24, 2.45) is 0 Å². The zero-order valence-corrected chi connectivity index (χ0v) is 21.2. The van der Waals surface area contributed by atoms with Gasteiger partial charge in [-0.2, -0.15) is 0 Å². The van der Waals surface area contributed by atoms with Crippen LogP contribution in [0.25, 0.3) is 0 Å². The van der Waals surface area contributed by atoms with Crippen LogP contribution in [0.15, 0.2) is 30.3 Å². The molecule has 0 saturated carbocycles. The molecule has 2 amide bonds. The molecule has 184 valence electrons. The number of ether oxygens (including phenoxy) is 1. The van der Waals surface area contributed by atoms with Crippen LogP contribution >= 0.6 is 0 Å². The summed E-state index contributed by atoms with van der Waals surface area (Å²) in [7, 11) is 1.60. The Morgan fingerprint density at radius 3 is 2.18 bits per heavy atom. The van der Waals surface area contributed by atoms with Crippen molar-refractivity contribution in [1.29, 1.82) is 0 Å². The second-order valence-electron chi connectivity index (χ2n) is 9.56. The molecule has 7 heteroatoms. The van der Waals surface area contributed by atoms with Crippen molar-refractivity contribution in [2.45, 2.75) is 66.2 Å². The van der Waals surface area contributed by atoms with Crippen molar-refractivity contribution < 1.29 is 24.2 Å². The van der Waals surface area contributed by atoms with E-state index in [1.54, 1.807) is 13.2 Å². The highest BCUT2D eigenvalue weighted by atomic mass is 16.5. The highest BCUT2D eigenvalue weighted by molar-refractivity contribution is 6.03. The maximum Gasteiger partial charge on any atom is 0.335 e. The van der Waals surface area contributed by atoms with Crippen molar-refractivity contribution in [3.05, 3.63) is 52.6 Å². The topological polar surface area (TPSA) is 95.9 Å². The van der Waals surface area contributed by atoms with Crippen LogP contribution in [0.1, 0.15) is 74.0 Å². The van der Waals surface area contributed by atoms with E-state index < -0.39 is 11.9 Å². The quantitative estimate of drug-likeness (QED) is 0.509. The van der Waals surface area contributed by atoms with Crippen molar-refractivity contribution in [2.75, 3.05) is 23.9 Å². The van der Waals surface area contributed by atoms with E-state index >= 15 is 0 Å². The fraction of sp³-hybridized carbons (Fsp3) is 0.444. The molecule has 2 rings (SSSR count). The molecule has 0 aliphatic rings. The van der Waals surface area contributed by atoms with Gasteiger partial charge in [-0.15, -0.1) is 0 Å². The van der Waals surface area contributed by atoms with Crippen LogP contribution in [0.4, 0.5) is 11.4 Å². The summed E-state index contributed by atoms with van der Waals surface area (Å²) in [5, 5.41) is 12.3. The van der Waals surface area contributed by atoms with Crippen molar-refractivity contribution in [1.82, 2.24) is 0 Å². The fourth-order valence-corrected chi connectivity index (χ4v) is 3.96. The van der Waals surface area contributed by atoms with E-state index in [4.69, 9.17) is 4.74 Å². The average Bonchev–Trinajstić information content (AvgIpc) is 2.74. The summed E-state index contributed by atoms with van der Waals surface area (Å²) in [5.74, 6) is -0.869. The Morgan fingerprint density at radius 1 is 1.06 bits per heavy atom. The molecule has 0 heterocycles. The molecule has 2 N–H and O–H groups in total. The van der Waals surface area contributed by atoms with E-state index in [9.17, 15) is 19.5 Å². The largest absolute Gasteiger partial charge is 0.496 e. The number of benzene rings is 2. The van der Waals surface area contributed by atoms with Gasteiger partial charge in [-0.1, -0.05) is 40.2 Å². The molecule has 0 bridgehead atoms. The van der Waals surface area contributed by atoms with Crippen LogP contribution in [0.2, 0.25) is 0 Å². The molecule has 0 aliphatic carbocycles. The Hall–Kier alpha value is -3.35. The number of aryl methyl sites for hydroxylation is 2. The Bertz CT molecular complexity index is 1050. The van der Waals surface area contributed by atoms with Crippen molar-refractivity contribution in [3.8, 4) is 5.75 Å². The molecule has 0 radical (unpaired) electrons. The minimum atomic E-state index is -1.07.